The van der Waals surface area contributed by atoms with Crippen LogP contribution in [-0.4, -0.2) is 31.7 Å². The van der Waals surface area contributed by atoms with E-state index in [0.717, 1.165) is 18.9 Å². The van der Waals surface area contributed by atoms with Gasteiger partial charge < -0.3 is 5.32 Å². The van der Waals surface area contributed by atoms with Gasteiger partial charge in [-0.1, -0.05) is 18.5 Å². The number of nitrogens with zero attached hydrogens (tertiary/aromatic N) is 1. The minimum absolute atomic E-state index is 0.140. The van der Waals surface area contributed by atoms with Crippen LogP contribution in [0.4, 0.5) is 10.1 Å². The molecule has 1 N–H and O–H groups in total. The lowest BCUT2D eigenvalue weighted by Crippen LogP contribution is -2.39. The van der Waals surface area contributed by atoms with E-state index in [9.17, 15) is 17.6 Å². The number of rotatable bonds is 4. The quantitative estimate of drug-likeness (QED) is 0.823. The van der Waals surface area contributed by atoms with Crippen LogP contribution in [0, 0.1) is 11.7 Å². The van der Waals surface area contributed by atoms with Crippen LogP contribution in [0.1, 0.15) is 30.1 Å². The molecule has 1 aliphatic heterocycles. The van der Waals surface area contributed by atoms with Crippen molar-refractivity contribution in [2.24, 2.45) is 5.92 Å². The number of hydrogen-bond acceptors (Lipinski definition) is 3. The van der Waals surface area contributed by atoms with Crippen molar-refractivity contribution >= 4 is 33.2 Å². The Morgan fingerprint density at radius 1 is 1.22 bits per heavy atom. The predicted octanol–water partition coefficient (Wildman–Crippen LogP) is 4.15. The molecule has 1 heterocycles. The van der Waals surface area contributed by atoms with Crippen molar-refractivity contribution in [2.45, 2.75) is 24.7 Å². The average molecular weight is 411 g/mol. The number of carbonyl (C=O) groups is 1. The molecule has 1 atom stereocenters. The van der Waals surface area contributed by atoms with Crippen molar-refractivity contribution < 1.29 is 17.6 Å². The van der Waals surface area contributed by atoms with Gasteiger partial charge in [0, 0.05) is 23.8 Å². The summed E-state index contributed by atoms with van der Waals surface area (Å²) in [4.78, 5) is 12.4. The summed E-state index contributed by atoms with van der Waals surface area (Å²) in [6.07, 6.45) is 1.87. The number of anilines is 1. The van der Waals surface area contributed by atoms with Crippen molar-refractivity contribution in [1.29, 1.82) is 0 Å². The Bertz CT molecular complexity index is 948. The molecule has 8 heteroatoms. The van der Waals surface area contributed by atoms with Gasteiger partial charge in [-0.25, -0.2) is 12.8 Å². The molecule has 0 radical (unpaired) electrons. The third kappa shape index (κ3) is 4.48. The van der Waals surface area contributed by atoms with Gasteiger partial charge in [-0.15, -0.1) is 0 Å². The summed E-state index contributed by atoms with van der Waals surface area (Å²) in [5, 5.41) is 2.75. The lowest BCUT2D eigenvalue weighted by Gasteiger charge is -2.30. The fraction of sp³-hybridized carbons (Fsp3) is 0.316. The van der Waals surface area contributed by atoms with Gasteiger partial charge in [0.2, 0.25) is 10.0 Å². The molecule has 1 fully saturated rings. The zero-order valence-electron chi connectivity index (χ0n) is 14.8. The maximum Gasteiger partial charge on any atom is 0.258 e. The molecule has 2 aromatic rings. The summed E-state index contributed by atoms with van der Waals surface area (Å²) in [5.74, 6) is -1.02. The van der Waals surface area contributed by atoms with Crippen LogP contribution in [0.25, 0.3) is 0 Å². The smallest absolute Gasteiger partial charge is 0.258 e. The zero-order chi connectivity index (χ0) is 19.6. The van der Waals surface area contributed by atoms with E-state index >= 15 is 0 Å². The van der Waals surface area contributed by atoms with Crippen LogP contribution >= 0.6 is 11.6 Å². The summed E-state index contributed by atoms with van der Waals surface area (Å²) < 4.78 is 40.8. The van der Waals surface area contributed by atoms with Crippen molar-refractivity contribution in [1.82, 2.24) is 4.31 Å². The van der Waals surface area contributed by atoms with Crippen LogP contribution in [0.2, 0.25) is 5.02 Å². The molecule has 1 aliphatic rings. The Morgan fingerprint density at radius 3 is 2.56 bits per heavy atom. The van der Waals surface area contributed by atoms with Crippen LogP contribution in [0.5, 0.6) is 0 Å². The summed E-state index contributed by atoms with van der Waals surface area (Å²) in [6.45, 7) is 3.06. The van der Waals surface area contributed by atoms with E-state index in [-0.39, 0.29) is 15.5 Å². The SMILES string of the molecule is CC1CCCN(S(=O)(=O)c2ccc(NC(=O)c3ccc(Cl)cc3F)cc2)C1. The number of benzene rings is 2. The molecule has 1 amide bonds. The lowest BCUT2D eigenvalue weighted by atomic mass is 10.0. The molecule has 5 nitrogen and oxygen atoms in total. The second-order valence-electron chi connectivity index (χ2n) is 6.71. The van der Waals surface area contributed by atoms with Crippen molar-refractivity contribution in [2.75, 3.05) is 18.4 Å². The molecule has 27 heavy (non-hydrogen) atoms. The van der Waals surface area contributed by atoms with Crippen molar-refractivity contribution in [3.05, 3.63) is 58.9 Å². The van der Waals surface area contributed by atoms with E-state index in [2.05, 4.69) is 5.32 Å². The largest absolute Gasteiger partial charge is 0.322 e. The molecule has 0 aromatic heterocycles. The van der Waals surface area contributed by atoms with Gasteiger partial charge in [0.05, 0.1) is 10.5 Å². The van der Waals surface area contributed by atoms with E-state index in [1.807, 2.05) is 6.92 Å². The summed E-state index contributed by atoms with van der Waals surface area (Å²) >= 11 is 5.68. The van der Waals surface area contributed by atoms with Crippen LogP contribution < -0.4 is 5.32 Å². The predicted molar refractivity (Wildman–Crippen MR) is 103 cm³/mol. The first-order chi connectivity index (χ1) is 12.8. The van der Waals surface area contributed by atoms with Crippen LogP contribution in [-0.2, 0) is 10.0 Å². The highest BCUT2D eigenvalue weighted by molar-refractivity contribution is 7.89. The Hall–Kier alpha value is -1.96. The second-order valence-corrected chi connectivity index (χ2v) is 9.09. The van der Waals surface area contributed by atoms with Gasteiger partial charge in [0.15, 0.2) is 0 Å². The summed E-state index contributed by atoms with van der Waals surface area (Å²) in [7, 11) is -3.56. The molecular weight excluding hydrogens is 391 g/mol. The average Bonchev–Trinajstić information content (AvgIpc) is 2.62. The maximum absolute atomic E-state index is 13.8. The highest BCUT2D eigenvalue weighted by Crippen LogP contribution is 2.24. The molecule has 3 rings (SSSR count). The Morgan fingerprint density at radius 2 is 1.93 bits per heavy atom. The second kappa shape index (κ2) is 7.96. The highest BCUT2D eigenvalue weighted by atomic mass is 35.5. The zero-order valence-corrected chi connectivity index (χ0v) is 16.4. The van der Waals surface area contributed by atoms with Gasteiger partial charge in [-0.2, -0.15) is 4.31 Å². The molecule has 0 bridgehead atoms. The molecule has 2 aromatic carbocycles. The molecule has 1 saturated heterocycles. The van der Waals surface area contributed by atoms with Gasteiger partial charge in [-0.05, 0) is 61.2 Å². The highest BCUT2D eigenvalue weighted by Gasteiger charge is 2.28. The van der Waals surface area contributed by atoms with Gasteiger partial charge in [-0.3, -0.25) is 4.79 Å². The molecule has 0 spiro atoms. The van der Waals surface area contributed by atoms with E-state index in [1.54, 1.807) is 0 Å². The van der Waals surface area contributed by atoms with Gasteiger partial charge in [0.25, 0.3) is 5.91 Å². The maximum atomic E-state index is 13.8. The number of carbonyl (C=O) groups excluding carboxylic acids is 1. The number of nitrogens with one attached hydrogen (secondary N) is 1. The van der Waals surface area contributed by atoms with Gasteiger partial charge in [0.1, 0.15) is 5.82 Å². The topological polar surface area (TPSA) is 66.5 Å². The summed E-state index contributed by atoms with van der Waals surface area (Å²) in [5.41, 5.74) is 0.235. The monoisotopic (exact) mass is 410 g/mol. The first-order valence-corrected chi connectivity index (χ1v) is 10.5. The Kier molecular flexibility index (Phi) is 5.83. The van der Waals surface area contributed by atoms with E-state index in [4.69, 9.17) is 11.6 Å². The third-order valence-corrected chi connectivity index (χ3v) is 6.66. The lowest BCUT2D eigenvalue weighted by molar-refractivity contribution is 0.102. The van der Waals surface area contributed by atoms with Crippen LogP contribution in [0.3, 0.4) is 0 Å². The first-order valence-electron chi connectivity index (χ1n) is 8.64. The number of amides is 1. The van der Waals surface area contributed by atoms with E-state index in [0.29, 0.717) is 24.7 Å². The fourth-order valence-corrected chi connectivity index (χ4v) is 4.85. The number of hydrogen-bond donors (Lipinski definition) is 1. The molecule has 0 saturated carbocycles. The molecular formula is C19H20ClFN2O3S. The summed E-state index contributed by atoms with van der Waals surface area (Å²) in [6, 6.07) is 9.66. The normalized spacial score (nSPS) is 18.3. The Balaban J connectivity index is 1.74. The Labute approximate surface area is 163 Å². The van der Waals surface area contributed by atoms with E-state index < -0.39 is 21.7 Å². The molecule has 0 aliphatic carbocycles. The minimum atomic E-state index is -3.56. The first kappa shape index (κ1) is 19.8. The molecule has 144 valence electrons. The van der Waals surface area contributed by atoms with Crippen molar-refractivity contribution in [3.63, 3.8) is 0 Å². The standard InChI is InChI=1S/C19H20ClFN2O3S/c1-13-3-2-10-23(12-13)27(25,26)16-7-5-15(6-8-16)22-19(24)17-9-4-14(20)11-18(17)21/h4-9,11,13H,2-3,10,12H2,1H3,(H,22,24). The van der Waals surface area contributed by atoms with E-state index in [1.165, 1.54) is 40.7 Å². The number of piperidine rings is 1. The number of halogens is 2. The van der Waals surface area contributed by atoms with Crippen molar-refractivity contribution in [3.8, 4) is 0 Å². The number of sulfonamides is 1. The third-order valence-electron chi connectivity index (χ3n) is 4.55. The van der Waals surface area contributed by atoms with Gasteiger partial charge >= 0.3 is 0 Å². The molecule has 1 unspecified atom stereocenters. The van der Waals surface area contributed by atoms with Crippen LogP contribution in [0.15, 0.2) is 47.4 Å². The fourth-order valence-electron chi connectivity index (χ4n) is 3.10. The minimum Gasteiger partial charge on any atom is -0.322 e.